The number of carbonyl (C=O) groups excluding carboxylic acids is 4. The monoisotopic (exact) mass is 492 g/mol. The maximum absolute atomic E-state index is 12.3. The molecule has 160 valence electrons. The minimum absolute atomic E-state index is 0.177. The van der Waals surface area contributed by atoms with Crippen molar-refractivity contribution >= 4 is 51.1 Å². The van der Waals surface area contributed by atoms with Gasteiger partial charge in [0.1, 0.15) is 0 Å². The van der Waals surface area contributed by atoms with E-state index in [2.05, 4.69) is 37.2 Å². The summed E-state index contributed by atoms with van der Waals surface area (Å²) >= 11 is 3.33. The topological polar surface area (TPSA) is 116 Å². The van der Waals surface area contributed by atoms with Crippen LogP contribution >= 0.6 is 15.9 Å². The number of urea groups is 1. The van der Waals surface area contributed by atoms with Gasteiger partial charge in [0.05, 0.1) is 11.1 Å². The molecule has 1 aliphatic rings. The van der Waals surface area contributed by atoms with Gasteiger partial charge in [-0.3, -0.25) is 19.7 Å². The molecule has 0 spiro atoms. The zero-order chi connectivity index (χ0) is 22.7. The quantitative estimate of drug-likeness (QED) is 0.404. The van der Waals surface area contributed by atoms with Crippen LogP contribution < -0.4 is 21.3 Å². The van der Waals surface area contributed by atoms with E-state index in [1.807, 2.05) is 0 Å². The zero-order valence-corrected chi connectivity index (χ0v) is 18.2. The van der Waals surface area contributed by atoms with Crippen LogP contribution in [0.15, 0.2) is 71.2 Å². The molecule has 0 fully saturated rings. The Balaban J connectivity index is 1.31. The Hall–Kier alpha value is -3.98. The van der Waals surface area contributed by atoms with Crippen molar-refractivity contribution in [2.75, 3.05) is 10.6 Å². The maximum atomic E-state index is 12.3. The highest BCUT2D eigenvalue weighted by molar-refractivity contribution is 9.10. The Morgan fingerprint density at radius 3 is 2.12 bits per heavy atom. The molecule has 1 heterocycles. The SMILES string of the molecule is O=C(Nc1ccc(CNC(=O)c2ccc(Br)cc2)cc1)Nc1ccc2c(c1)C(=O)NC2=O. The minimum atomic E-state index is -0.494. The van der Waals surface area contributed by atoms with Gasteiger partial charge in [-0.2, -0.15) is 0 Å². The lowest BCUT2D eigenvalue weighted by atomic mass is 10.1. The van der Waals surface area contributed by atoms with E-state index < -0.39 is 17.8 Å². The lowest BCUT2D eigenvalue weighted by Gasteiger charge is -2.10. The van der Waals surface area contributed by atoms with Crippen LogP contribution in [0.2, 0.25) is 0 Å². The third kappa shape index (κ3) is 4.84. The smallest absolute Gasteiger partial charge is 0.323 e. The second kappa shape index (κ2) is 9.03. The maximum Gasteiger partial charge on any atom is 0.323 e. The molecule has 0 bridgehead atoms. The van der Waals surface area contributed by atoms with Gasteiger partial charge in [0.25, 0.3) is 17.7 Å². The van der Waals surface area contributed by atoms with E-state index in [1.165, 1.54) is 12.1 Å². The Labute approximate surface area is 191 Å². The van der Waals surface area contributed by atoms with Crippen LogP contribution in [0.5, 0.6) is 0 Å². The lowest BCUT2D eigenvalue weighted by Crippen LogP contribution is -2.22. The summed E-state index contributed by atoms with van der Waals surface area (Å²) in [5, 5.41) is 10.4. The van der Waals surface area contributed by atoms with Crippen LogP contribution in [0, 0.1) is 0 Å². The Bertz CT molecular complexity index is 1220. The number of fused-ring (bicyclic) bond motifs is 1. The lowest BCUT2D eigenvalue weighted by molar-refractivity contribution is 0.0877. The van der Waals surface area contributed by atoms with Gasteiger partial charge in [-0.25, -0.2) is 4.79 Å². The Morgan fingerprint density at radius 1 is 0.781 bits per heavy atom. The first kappa shape index (κ1) is 21.3. The Morgan fingerprint density at radius 2 is 1.41 bits per heavy atom. The predicted molar refractivity (Wildman–Crippen MR) is 123 cm³/mol. The normalized spacial score (nSPS) is 12.0. The summed E-state index contributed by atoms with van der Waals surface area (Å²) in [7, 11) is 0. The highest BCUT2D eigenvalue weighted by Crippen LogP contribution is 2.20. The van der Waals surface area contributed by atoms with Crippen LogP contribution in [0.1, 0.15) is 36.6 Å². The van der Waals surface area contributed by atoms with Crippen molar-refractivity contribution in [2.24, 2.45) is 0 Å². The number of nitrogens with one attached hydrogen (secondary N) is 4. The molecule has 5 amide bonds. The van der Waals surface area contributed by atoms with Crippen molar-refractivity contribution in [3.8, 4) is 0 Å². The Kier molecular flexibility index (Phi) is 6.00. The second-order valence-electron chi connectivity index (χ2n) is 7.01. The minimum Gasteiger partial charge on any atom is -0.348 e. The van der Waals surface area contributed by atoms with Crippen LogP contribution in [-0.4, -0.2) is 23.8 Å². The molecular formula is C23H17BrN4O4. The molecule has 0 aliphatic carbocycles. The summed E-state index contributed by atoms with van der Waals surface area (Å²) in [6.45, 7) is 0.345. The highest BCUT2D eigenvalue weighted by atomic mass is 79.9. The van der Waals surface area contributed by atoms with Crippen molar-refractivity contribution in [3.63, 3.8) is 0 Å². The standard InChI is InChI=1S/C23H17BrN4O4/c24-15-5-3-14(4-6-15)20(29)25-12-13-1-7-16(8-2-13)26-23(32)27-17-9-10-18-19(11-17)22(31)28-21(18)30/h1-11H,12H2,(H,25,29)(H2,26,27,32)(H,28,30,31). The van der Waals surface area contributed by atoms with Crippen molar-refractivity contribution in [1.82, 2.24) is 10.6 Å². The van der Waals surface area contributed by atoms with Crippen molar-refractivity contribution < 1.29 is 19.2 Å². The number of hydrogen-bond donors (Lipinski definition) is 4. The molecule has 32 heavy (non-hydrogen) atoms. The first-order chi connectivity index (χ1) is 15.4. The average Bonchev–Trinajstić information content (AvgIpc) is 3.06. The number of hydrogen-bond acceptors (Lipinski definition) is 4. The van der Waals surface area contributed by atoms with E-state index >= 15 is 0 Å². The van der Waals surface area contributed by atoms with E-state index in [9.17, 15) is 19.2 Å². The number of amides is 5. The number of halogens is 1. The van der Waals surface area contributed by atoms with E-state index in [0.29, 0.717) is 23.5 Å². The molecule has 0 saturated heterocycles. The molecule has 0 saturated carbocycles. The summed E-state index contributed by atoms with van der Waals surface area (Å²) in [6, 6.07) is 18.1. The molecular weight excluding hydrogens is 476 g/mol. The molecule has 8 nitrogen and oxygen atoms in total. The van der Waals surface area contributed by atoms with Crippen LogP contribution in [0.3, 0.4) is 0 Å². The van der Waals surface area contributed by atoms with Gasteiger partial charge < -0.3 is 16.0 Å². The summed E-state index contributed by atoms with van der Waals surface area (Å²) in [6.07, 6.45) is 0. The van der Waals surface area contributed by atoms with E-state index in [-0.39, 0.29) is 17.0 Å². The molecule has 3 aromatic carbocycles. The van der Waals surface area contributed by atoms with Gasteiger partial charge in [0.2, 0.25) is 0 Å². The summed E-state index contributed by atoms with van der Waals surface area (Å²) in [4.78, 5) is 47.8. The van der Waals surface area contributed by atoms with Gasteiger partial charge in [-0.15, -0.1) is 0 Å². The largest absolute Gasteiger partial charge is 0.348 e. The first-order valence-electron chi connectivity index (χ1n) is 9.59. The van der Waals surface area contributed by atoms with Gasteiger partial charge in [-0.05, 0) is 60.2 Å². The van der Waals surface area contributed by atoms with Gasteiger partial charge >= 0.3 is 6.03 Å². The van der Waals surface area contributed by atoms with Crippen molar-refractivity contribution in [3.05, 3.63) is 93.5 Å². The predicted octanol–water partition coefficient (Wildman–Crippen LogP) is 3.91. The van der Waals surface area contributed by atoms with Crippen LogP contribution in [-0.2, 0) is 6.54 Å². The first-order valence-corrected chi connectivity index (χ1v) is 10.4. The number of imide groups is 1. The van der Waals surface area contributed by atoms with E-state index in [4.69, 9.17) is 0 Å². The summed E-state index contributed by atoms with van der Waals surface area (Å²) < 4.78 is 0.901. The van der Waals surface area contributed by atoms with E-state index in [1.54, 1.807) is 54.6 Å². The second-order valence-corrected chi connectivity index (χ2v) is 7.92. The number of carbonyl (C=O) groups is 4. The third-order valence-electron chi connectivity index (χ3n) is 4.77. The molecule has 4 N–H and O–H groups in total. The fourth-order valence-corrected chi connectivity index (χ4v) is 3.40. The van der Waals surface area contributed by atoms with Gasteiger partial charge in [0.15, 0.2) is 0 Å². The summed E-state index contributed by atoms with van der Waals surface area (Å²) in [5.74, 6) is -1.12. The number of anilines is 2. The van der Waals surface area contributed by atoms with Gasteiger partial charge in [-0.1, -0.05) is 28.1 Å². The molecule has 3 aromatic rings. The fourth-order valence-electron chi connectivity index (χ4n) is 3.13. The molecule has 0 aromatic heterocycles. The third-order valence-corrected chi connectivity index (χ3v) is 5.29. The van der Waals surface area contributed by atoms with E-state index in [0.717, 1.165) is 10.0 Å². The molecule has 4 rings (SSSR count). The number of benzene rings is 3. The highest BCUT2D eigenvalue weighted by Gasteiger charge is 2.26. The molecule has 0 radical (unpaired) electrons. The average molecular weight is 493 g/mol. The van der Waals surface area contributed by atoms with Gasteiger partial charge in [0, 0.05) is 28.0 Å². The van der Waals surface area contributed by atoms with Crippen molar-refractivity contribution in [1.29, 1.82) is 0 Å². The fraction of sp³-hybridized carbons (Fsp3) is 0.0435. The van der Waals surface area contributed by atoms with Crippen LogP contribution in [0.4, 0.5) is 16.2 Å². The van der Waals surface area contributed by atoms with Crippen molar-refractivity contribution in [2.45, 2.75) is 6.54 Å². The molecule has 0 atom stereocenters. The summed E-state index contributed by atoms with van der Waals surface area (Å²) in [5.41, 5.74) is 2.89. The molecule has 1 aliphatic heterocycles. The zero-order valence-electron chi connectivity index (χ0n) is 16.6. The molecule has 9 heteroatoms. The number of rotatable bonds is 5. The molecule has 0 unspecified atom stereocenters. The van der Waals surface area contributed by atoms with Crippen LogP contribution in [0.25, 0.3) is 0 Å².